The molecule has 0 saturated carbocycles. The third kappa shape index (κ3) is 16.9. The smallest absolute Gasteiger partial charge is 0.317 e. The minimum absolute atomic E-state index is 0.0364. The van der Waals surface area contributed by atoms with Gasteiger partial charge in [0, 0.05) is 55.7 Å². The molecule has 264 valence electrons. The number of carboxylic acid groups (broad SMARTS) is 2. The fraction of sp³-hybridized carbons (Fsp3) is 0.375. The number of nitrogens with two attached hydrogens (primary N) is 1. The van der Waals surface area contributed by atoms with Gasteiger partial charge in [-0.25, -0.2) is 0 Å². The van der Waals surface area contributed by atoms with Crippen LogP contribution in [0.15, 0.2) is 78.0 Å². The molecular weight excluding hydrogens is 656 g/mol. The summed E-state index contributed by atoms with van der Waals surface area (Å²) in [6.45, 7) is 1.20. The summed E-state index contributed by atoms with van der Waals surface area (Å²) in [5.41, 5.74) is 2.36. The Labute approximate surface area is 288 Å². The van der Waals surface area contributed by atoms with E-state index < -0.39 is 30.9 Å². The van der Waals surface area contributed by atoms with Gasteiger partial charge < -0.3 is 20.8 Å². The molecular formula is C32H42N8O8S. The zero-order chi connectivity index (χ0) is 35.3. The van der Waals surface area contributed by atoms with Gasteiger partial charge in [-0.15, -0.1) is 9.32 Å². The number of carbonyl (C=O) groups is 4. The van der Waals surface area contributed by atoms with E-state index in [1.165, 1.54) is 9.80 Å². The number of anilines is 1. The van der Waals surface area contributed by atoms with E-state index in [2.05, 4.69) is 34.8 Å². The number of unbranched alkanes of at least 4 members (excludes halogenated alkanes) is 1. The summed E-state index contributed by atoms with van der Waals surface area (Å²) in [5, 5.41) is 24.3. The number of hydrogen-bond acceptors (Lipinski definition) is 13. The van der Waals surface area contributed by atoms with Crippen LogP contribution < -0.4 is 16.5 Å². The van der Waals surface area contributed by atoms with E-state index in [-0.39, 0.29) is 32.1 Å². The number of nitrogens with zero attached hydrogens (tertiary/aromatic N) is 5. The topological polar surface area (TPSA) is 213 Å². The number of carbonyl (C=O) groups excluding carboxylic acids is 2. The Bertz CT molecular complexity index is 1400. The molecule has 17 heteroatoms. The number of rotatable bonds is 24. The molecule has 0 radical (unpaired) electrons. The van der Waals surface area contributed by atoms with Crippen LogP contribution in [-0.4, -0.2) is 111 Å². The van der Waals surface area contributed by atoms with E-state index in [0.717, 1.165) is 36.4 Å². The summed E-state index contributed by atoms with van der Waals surface area (Å²) >= 11 is 0.876. The first-order valence-electron chi connectivity index (χ1n) is 15.5. The van der Waals surface area contributed by atoms with Crippen molar-refractivity contribution in [2.75, 3.05) is 57.7 Å². The standard InChI is InChI=1S/C32H42N8O8S/c33-47-48-49-28-11-9-25(10-12-28)37-30(42)22-40(24-32(45)46)18-17-39(23-31(43)44)21-29(41)36-15-5-6-16-38(19-26-7-1-3-13-34-26)20-27-8-2-4-14-35-27/h1-4,7-14H,5-6,15-24,33H2,(H,36,41)(H,37,42)(H,43,44)(H,45,46). The number of pyridine rings is 2. The molecule has 2 aromatic heterocycles. The second-order valence-electron chi connectivity index (χ2n) is 10.9. The lowest BCUT2D eigenvalue weighted by Crippen LogP contribution is -2.45. The predicted octanol–water partition coefficient (Wildman–Crippen LogP) is 1.62. The average molecular weight is 699 g/mol. The Balaban J connectivity index is 1.45. The quantitative estimate of drug-likeness (QED) is 0.0389. The summed E-state index contributed by atoms with van der Waals surface area (Å²) in [7, 11) is 0. The van der Waals surface area contributed by atoms with Crippen LogP contribution in [0.5, 0.6) is 0 Å². The lowest BCUT2D eigenvalue weighted by atomic mass is 10.2. The molecule has 0 aliphatic rings. The van der Waals surface area contributed by atoms with Crippen LogP contribution in [0.25, 0.3) is 0 Å². The number of nitrogens with one attached hydrogen (secondary N) is 2. The van der Waals surface area contributed by atoms with E-state index in [0.29, 0.717) is 36.6 Å². The van der Waals surface area contributed by atoms with Crippen LogP contribution in [0.1, 0.15) is 24.2 Å². The summed E-state index contributed by atoms with van der Waals surface area (Å²) in [6, 6.07) is 18.1. The number of carboxylic acids is 2. The number of aliphatic carboxylic acids is 2. The molecule has 0 spiro atoms. The Morgan fingerprint density at radius 3 is 1.80 bits per heavy atom. The lowest BCUT2D eigenvalue weighted by Gasteiger charge is -2.25. The molecule has 6 N–H and O–H groups in total. The van der Waals surface area contributed by atoms with Crippen molar-refractivity contribution in [3.8, 4) is 0 Å². The van der Waals surface area contributed by atoms with Gasteiger partial charge in [0.1, 0.15) is 0 Å². The van der Waals surface area contributed by atoms with Crippen molar-refractivity contribution in [2.24, 2.45) is 5.90 Å². The Morgan fingerprint density at radius 1 is 0.714 bits per heavy atom. The largest absolute Gasteiger partial charge is 0.480 e. The molecule has 0 fully saturated rings. The lowest BCUT2D eigenvalue weighted by molar-refractivity contribution is -0.195. The zero-order valence-electron chi connectivity index (χ0n) is 27.0. The highest BCUT2D eigenvalue weighted by Gasteiger charge is 2.19. The molecule has 16 nitrogen and oxygen atoms in total. The van der Waals surface area contributed by atoms with Crippen molar-refractivity contribution in [1.82, 2.24) is 30.0 Å². The van der Waals surface area contributed by atoms with Gasteiger partial charge in [0.15, 0.2) is 0 Å². The predicted molar refractivity (Wildman–Crippen MR) is 180 cm³/mol. The minimum atomic E-state index is -1.16. The van der Waals surface area contributed by atoms with Gasteiger partial charge in [-0.3, -0.25) is 43.8 Å². The molecule has 3 rings (SSSR count). The number of amides is 2. The molecule has 0 aliphatic heterocycles. The van der Waals surface area contributed by atoms with Gasteiger partial charge in [-0.05, 0) is 67.9 Å². The molecule has 0 saturated heterocycles. The van der Waals surface area contributed by atoms with Crippen molar-refractivity contribution < 1.29 is 38.7 Å². The van der Waals surface area contributed by atoms with E-state index in [1.54, 1.807) is 36.7 Å². The van der Waals surface area contributed by atoms with Crippen molar-refractivity contribution in [3.05, 3.63) is 84.4 Å². The SMILES string of the molecule is NOOSc1ccc(NC(=O)CN(CCN(CC(=O)O)CC(=O)NCCCCN(Cc2ccccn2)Cc2ccccn2)CC(=O)O)cc1. The number of hydrogen-bond donors (Lipinski definition) is 5. The Morgan fingerprint density at radius 2 is 1.29 bits per heavy atom. The highest BCUT2D eigenvalue weighted by atomic mass is 32.2. The van der Waals surface area contributed by atoms with Gasteiger partial charge in [-0.1, -0.05) is 12.1 Å². The second-order valence-corrected chi connectivity index (χ2v) is 11.7. The van der Waals surface area contributed by atoms with Crippen LogP contribution in [0.4, 0.5) is 5.69 Å². The maximum Gasteiger partial charge on any atom is 0.317 e. The first-order valence-corrected chi connectivity index (χ1v) is 16.2. The van der Waals surface area contributed by atoms with E-state index in [9.17, 15) is 29.4 Å². The molecule has 0 bridgehead atoms. The fourth-order valence-corrected chi connectivity index (χ4v) is 5.12. The van der Waals surface area contributed by atoms with E-state index >= 15 is 0 Å². The van der Waals surface area contributed by atoms with Gasteiger partial charge >= 0.3 is 11.9 Å². The molecule has 0 unspecified atom stereocenters. The molecule has 0 aliphatic carbocycles. The highest BCUT2D eigenvalue weighted by molar-refractivity contribution is 7.94. The summed E-state index contributed by atoms with van der Waals surface area (Å²) in [6.07, 6.45) is 5.02. The normalized spacial score (nSPS) is 11.2. The molecule has 49 heavy (non-hydrogen) atoms. The van der Waals surface area contributed by atoms with Gasteiger partial charge in [0.25, 0.3) is 0 Å². The van der Waals surface area contributed by atoms with Crippen LogP contribution >= 0.6 is 12.0 Å². The summed E-state index contributed by atoms with van der Waals surface area (Å²) in [4.78, 5) is 67.0. The first kappa shape index (κ1) is 39.0. The second kappa shape index (κ2) is 22.2. The monoisotopic (exact) mass is 698 g/mol. The summed E-state index contributed by atoms with van der Waals surface area (Å²) in [5.74, 6) is 1.70. The Kier molecular flexibility index (Phi) is 17.6. The molecule has 2 heterocycles. The van der Waals surface area contributed by atoms with Crippen molar-refractivity contribution in [1.29, 1.82) is 0 Å². The summed E-state index contributed by atoms with van der Waals surface area (Å²) < 4.78 is 4.57. The zero-order valence-corrected chi connectivity index (χ0v) is 27.8. The van der Waals surface area contributed by atoms with E-state index in [4.69, 9.17) is 5.90 Å². The van der Waals surface area contributed by atoms with E-state index in [1.807, 2.05) is 36.4 Å². The molecule has 3 aromatic rings. The molecule has 1 aromatic carbocycles. The van der Waals surface area contributed by atoms with Gasteiger partial charge in [0.2, 0.25) is 11.8 Å². The average Bonchev–Trinajstić information content (AvgIpc) is 3.07. The third-order valence-corrected chi connectivity index (χ3v) is 7.55. The number of aromatic nitrogens is 2. The molecule has 0 atom stereocenters. The maximum atomic E-state index is 12.7. The van der Waals surface area contributed by atoms with Crippen LogP contribution in [0.3, 0.4) is 0 Å². The van der Waals surface area contributed by atoms with Crippen molar-refractivity contribution >= 4 is 41.5 Å². The fourth-order valence-electron chi connectivity index (χ4n) is 4.75. The molecule has 2 amide bonds. The first-order chi connectivity index (χ1) is 23.7. The Hall–Kier alpha value is -4.49. The number of benzene rings is 1. The van der Waals surface area contributed by atoms with Crippen LogP contribution in [0.2, 0.25) is 0 Å². The van der Waals surface area contributed by atoms with Crippen molar-refractivity contribution in [2.45, 2.75) is 30.8 Å². The van der Waals surface area contributed by atoms with Crippen LogP contribution in [-0.2, 0) is 41.6 Å². The third-order valence-electron chi connectivity index (χ3n) is 6.94. The van der Waals surface area contributed by atoms with Crippen molar-refractivity contribution in [3.63, 3.8) is 0 Å². The van der Waals surface area contributed by atoms with Gasteiger partial charge in [0.05, 0.1) is 49.6 Å². The van der Waals surface area contributed by atoms with Crippen LogP contribution in [0, 0.1) is 0 Å². The minimum Gasteiger partial charge on any atom is -0.480 e. The highest BCUT2D eigenvalue weighted by Crippen LogP contribution is 2.21. The maximum absolute atomic E-state index is 12.7. The van der Waals surface area contributed by atoms with Gasteiger partial charge in [-0.2, -0.15) is 5.90 Å².